The van der Waals surface area contributed by atoms with Crippen molar-refractivity contribution in [3.63, 3.8) is 0 Å². The molecule has 21 heavy (non-hydrogen) atoms. The van der Waals surface area contributed by atoms with E-state index >= 15 is 0 Å². The molecule has 0 atom stereocenters. The highest BCUT2D eigenvalue weighted by Gasteiger charge is 2.20. The minimum absolute atomic E-state index is 0.0838. The van der Waals surface area contributed by atoms with Crippen LogP contribution < -0.4 is 0 Å². The van der Waals surface area contributed by atoms with Crippen molar-refractivity contribution in [3.05, 3.63) is 82.8 Å². The fraction of sp³-hybridized carbons (Fsp3) is 0.105. The average Bonchev–Trinajstić information content (AvgIpc) is 2.95. The Labute approximate surface area is 122 Å². The maximum Gasteiger partial charge on any atom is 0.130 e. The summed E-state index contributed by atoms with van der Waals surface area (Å²) in [4.78, 5) is 4.72. The summed E-state index contributed by atoms with van der Waals surface area (Å²) >= 11 is 0. The molecule has 1 aliphatic carbocycles. The van der Waals surface area contributed by atoms with E-state index in [1.165, 1.54) is 0 Å². The van der Waals surface area contributed by atoms with Crippen LogP contribution in [0.3, 0.4) is 0 Å². The van der Waals surface area contributed by atoms with Gasteiger partial charge in [0.1, 0.15) is 5.82 Å². The number of para-hydroxylation sites is 1. The van der Waals surface area contributed by atoms with Gasteiger partial charge < -0.3 is 0 Å². The van der Waals surface area contributed by atoms with Crippen LogP contribution in [0.1, 0.15) is 22.4 Å². The fourth-order valence-electron chi connectivity index (χ4n) is 2.96. The fourth-order valence-corrected chi connectivity index (χ4v) is 2.96. The third-order valence-electron chi connectivity index (χ3n) is 4.11. The van der Waals surface area contributed by atoms with Gasteiger partial charge in [-0.2, -0.15) is 0 Å². The van der Waals surface area contributed by atoms with Gasteiger partial charge in [-0.1, -0.05) is 42.5 Å². The van der Waals surface area contributed by atoms with Crippen LogP contribution in [-0.2, 0) is 6.42 Å². The first-order valence-corrected chi connectivity index (χ1v) is 7.09. The number of allylic oxidation sites excluding steroid dienone is 1. The summed E-state index contributed by atoms with van der Waals surface area (Å²) in [5, 5.41) is 1.12. The van der Waals surface area contributed by atoms with Gasteiger partial charge in [0.2, 0.25) is 0 Å². The van der Waals surface area contributed by atoms with Crippen molar-refractivity contribution in [3.8, 4) is 0 Å². The zero-order chi connectivity index (χ0) is 14.4. The summed E-state index contributed by atoms with van der Waals surface area (Å²) < 4.78 is 14.2. The van der Waals surface area contributed by atoms with Crippen molar-refractivity contribution in [2.45, 2.75) is 13.3 Å². The maximum absolute atomic E-state index is 14.2. The molecule has 2 heteroatoms. The lowest BCUT2D eigenvalue weighted by molar-refractivity contribution is 0.606. The molecule has 0 spiro atoms. The molecule has 0 saturated heterocycles. The first-order valence-electron chi connectivity index (χ1n) is 7.09. The van der Waals surface area contributed by atoms with E-state index in [1.54, 1.807) is 0 Å². The smallest absolute Gasteiger partial charge is 0.130 e. The monoisotopic (exact) mass is 275 g/mol. The number of aromatic nitrogens is 1. The number of hydrogen-bond donors (Lipinski definition) is 0. The minimum atomic E-state index is -0.0838. The molecule has 4 rings (SSSR count). The molecule has 1 aromatic heterocycles. The Morgan fingerprint density at radius 3 is 2.76 bits per heavy atom. The van der Waals surface area contributed by atoms with Crippen LogP contribution in [-0.4, -0.2) is 4.98 Å². The van der Waals surface area contributed by atoms with E-state index in [0.717, 1.165) is 33.3 Å². The molecule has 0 saturated carbocycles. The van der Waals surface area contributed by atoms with Crippen LogP contribution in [0.25, 0.3) is 16.5 Å². The average molecular weight is 275 g/mol. The zero-order valence-corrected chi connectivity index (χ0v) is 11.7. The lowest BCUT2D eigenvalue weighted by Crippen LogP contribution is -1.95. The number of nitrogens with zero attached hydrogens (tertiary/aromatic N) is 1. The van der Waals surface area contributed by atoms with E-state index in [1.807, 2.05) is 49.4 Å². The minimum Gasteiger partial charge on any atom is -0.248 e. The lowest BCUT2D eigenvalue weighted by Gasteiger charge is -2.08. The van der Waals surface area contributed by atoms with Crippen LogP contribution in [0.2, 0.25) is 0 Å². The molecule has 0 radical (unpaired) electrons. The number of benzene rings is 2. The van der Waals surface area contributed by atoms with Crippen LogP contribution >= 0.6 is 0 Å². The highest BCUT2D eigenvalue weighted by atomic mass is 19.1. The van der Waals surface area contributed by atoms with Gasteiger partial charge in [0.15, 0.2) is 0 Å². The third-order valence-corrected chi connectivity index (χ3v) is 4.11. The number of fused-ring (bicyclic) bond motifs is 2. The topological polar surface area (TPSA) is 12.9 Å². The number of hydrogen-bond acceptors (Lipinski definition) is 1. The van der Waals surface area contributed by atoms with Crippen LogP contribution in [0, 0.1) is 12.7 Å². The molecule has 0 amide bonds. The Bertz CT molecular complexity index is 893. The SMILES string of the molecule is Cc1ccc2c(c1F)CC=C2c1ccc2ccccc2n1. The molecule has 0 bridgehead atoms. The summed E-state index contributed by atoms with van der Waals surface area (Å²) in [6, 6.07) is 16.0. The molecular formula is C19H14FN. The molecule has 3 aromatic rings. The summed E-state index contributed by atoms with van der Waals surface area (Å²) in [6.07, 6.45) is 2.72. The molecule has 2 aromatic carbocycles. The second-order valence-corrected chi connectivity index (χ2v) is 5.43. The van der Waals surface area contributed by atoms with Crippen molar-refractivity contribution in [1.29, 1.82) is 0 Å². The summed E-state index contributed by atoms with van der Waals surface area (Å²) in [5.74, 6) is -0.0838. The maximum atomic E-state index is 14.2. The van der Waals surface area contributed by atoms with Gasteiger partial charge >= 0.3 is 0 Å². The standard InChI is InChI=1S/C19H14FN/c1-12-6-8-14-15(9-10-16(14)19(12)20)18-11-7-13-4-2-3-5-17(13)21-18/h2-9,11H,10H2,1H3. The van der Waals surface area contributed by atoms with Gasteiger partial charge in [0.25, 0.3) is 0 Å². The predicted octanol–water partition coefficient (Wildman–Crippen LogP) is 4.67. The van der Waals surface area contributed by atoms with Gasteiger partial charge in [0.05, 0.1) is 11.2 Å². The second-order valence-electron chi connectivity index (χ2n) is 5.43. The van der Waals surface area contributed by atoms with Crippen molar-refractivity contribution < 1.29 is 4.39 Å². The summed E-state index contributed by atoms with van der Waals surface area (Å²) in [5.41, 5.74) is 5.39. The Balaban J connectivity index is 1.87. The Hall–Kier alpha value is -2.48. The van der Waals surface area contributed by atoms with E-state index in [0.29, 0.717) is 12.0 Å². The van der Waals surface area contributed by atoms with Crippen molar-refractivity contribution >= 4 is 16.5 Å². The quantitative estimate of drug-likeness (QED) is 0.629. The predicted molar refractivity (Wildman–Crippen MR) is 83.7 cm³/mol. The van der Waals surface area contributed by atoms with E-state index in [-0.39, 0.29) is 5.82 Å². The number of halogens is 1. The van der Waals surface area contributed by atoms with E-state index < -0.39 is 0 Å². The number of rotatable bonds is 1. The van der Waals surface area contributed by atoms with Gasteiger partial charge in [-0.05, 0) is 42.2 Å². The van der Waals surface area contributed by atoms with Crippen LogP contribution in [0.5, 0.6) is 0 Å². The van der Waals surface area contributed by atoms with E-state index in [2.05, 4.69) is 12.1 Å². The first-order chi connectivity index (χ1) is 10.2. The van der Waals surface area contributed by atoms with Gasteiger partial charge in [-0.25, -0.2) is 9.37 Å². The molecule has 102 valence electrons. The third kappa shape index (κ3) is 1.87. The number of aryl methyl sites for hydroxylation is 1. The zero-order valence-electron chi connectivity index (χ0n) is 11.7. The molecule has 0 N–H and O–H groups in total. The first kappa shape index (κ1) is 12.3. The van der Waals surface area contributed by atoms with Gasteiger partial charge in [-0.15, -0.1) is 0 Å². The van der Waals surface area contributed by atoms with Crippen LogP contribution in [0.15, 0.2) is 54.6 Å². The molecule has 1 nitrogen and oxygen atoms in total. The molecule has 0 aliphatic heterocycles. The van der Waals surface area contributed by atoms with Crippen molar-refractivity contribution in [2.75, 3.05) is 0 Å². The number of pyridine rings is 1. The summed E-state index contributed by atoms with van der Waals surface area (Å²) in [7, 11) is 0. The van der Waals surface area contributed by atoms with E-state index in [4.69, 9.17) is 4.98 Å². The molecule has 0 fully saturated rings. The molecule has 0 unspecified atom stereocenters. The van der Waals surface area contributed by atoms with Crippen LogP contribution in [0.4, 0.5) is 4.39 Å². The second kappa shape index (κ2) is 4.52. The Kier molecular flexibility index (Phi) is 2.64. The molecular weight excluding hydrogens is 261 g/mol. The largest absolute Gasteiger partial charge is 0.248 e. The highest BCUT2D eigenvalue weighted by molar-refractivity contribution is 5.87. The Morgan fingerprint density at radius 1 is 1.00 bits per heavy atom. The summed E-state index contributed by atoms with van der Waals surface area (Å²) in [6.45, 7) is 1.81. The van der Waals surface area contributed by atoms with Gasteiger partial charge in [0, 0.05) is 11.0 Å². The normalized spacial score (nSPS) is 13.3. The lowest BCUT2D eigenvalue weighted by atomic mass is 10.00. The van der Waals surface area contributed by atoms with Crippen molar-refractivity contribution in [2.24, 2.45) is 0 Å². The van der Waals surface area contributed by atoms with Gasteiger partial charge in [-0.3, -0.25) is 0 Å². The Morgan fingerprint density at radius 2 is 1.86 bits per heavy atom. The molecule has 1 heterocycles. The van der Waals surface area contributed by atoms with E-state index in [9.17, 15) is 4.39 Å². The van der Waals surface area contributed by atoms with Crippen molar-refractivity contribution in [1.82, 2.24) is 4.98 Å². The highest BCUT2D eigenvalue weighted by Crippen LogP contribution is 2.34. The molecule has 1 aliphatic rings.